The second kappa shape index (κ2) is 15.2. The van der Waals surface area contributed by atoms with Crippen LogP contribution in [-0.4, -0.2) is 110 Å². The van der Waals surface area contributed by atoms with Crippen LogP contribution in [0.4, 0.5) is 9.59 Å². The second-order valence-corrected chi connectivity index (χ2v) is 18.2. The molecule has 0 radical (unpaired) electrons. The van der Waals surface area contributed by atoms with Crippen molar-refractivity contribution in [2.75, 3.05) is 26.3 Å². The number of alkyl carbamates (subject to hydrolysis) is 1. The molecule has 0 unspecified atom stereocenters. The molecule has 4 aliphatic heterocycles. The maximum Gasteiger partial charge on any atom is 0.410 e. The zero-order valence-electron chi connectivity index (χ0n) is 30.9. The molecule has 6 aliphatic rings. The molecular weight excluding hydrogens is 719 g/mol. The van der Waals surface area contributed by atoms with Crippen molar-refractivity contribution in [1.82, 2.24) is 25.2 Å². The van der Waals surface area contributed by atoms with Gasteiger partial charge in [-0.25, -0.2) is 18.0 Å². The first-order valence-electron chi connectivity index (χ1n) is 19.2. The zero-order valence-corrected chi connectivity index (χ0v) is 31.7. The molecule has 6 atom stereocenters. The molecule has 54 heavy (non-hydrogen) atoms. The molecule has 0 aromatic heterocycles. The van der Waals surface area contributed by atoms with Crippen molar-refractivity contribution in [3.63, 3.8) is 0 Å². The monoisotopic (exact) mass is 769 g/mol. The van der Waals surface area contributed by atoms with E-state index in [1.165, 1.54) is 4.90 Å². The molecule has 0 bridgehead atoms. The molecule has 4 heterocycles. The van der Waals surface area contributed by atoms with E-state index in [1.54, 1.807) is 4.90 Å². The van der Waals surface area contributed by atoms with Gasteiger partial charge in [-0.1, -0.05) is 63.1 Å². The van der Waals surface area contributed by atoms with E-state index in [9.17, 15) is 32.4 Å². The average Bonchev–Trinajstić information content (AvgIpc) is 4.00. The van der Waals surface area contributed by atoms with E-state index in [0.29, 0.717) is 51.8 Å². The van der Waals surface area contributed by atoms with Gasteiger partial charge in [0.05, 0.1) is 25.0 Å². The molecular formula is C38H51N5O10S. The van der Waals surface area contributed by atoms with Crippen molar-refractivity contribution in [3.05, 3.63) is 47.5 Å². The molecule has 4 fully saturated rings. The summed E-state index contributed by atoms with van der Waals surface area (Å²) in [6, 6.07) is 5.71. The molecule has 2 saturated carbocycles. The predicted octanol–water partition coefficient (Wildman–Crippen LogP) is 2.77. The number of carbonyl (C=O) groups excluding carboxylic acids is 5. The summed E-state index contributed by atoms with van der Waals surface area (Å²) in [5.74, 6) is -2.48. The minimum Gasteiger partial charge on any atom is -0.444 e. The van der Waals surface area contributed by atoms with Gasteiger partial charge < -0.3 is 34.6 Å². The van der Waals surface area contributed by atoms with Crippen molar-refractivity contribution in [3.8, 4) is 0 Å². The maximum absolute atomic E-state index is 14.4. The molecule has 294 valence electrons. The smallest absolute Gasteiger partial charge is 0.410 e. The van der Waals surface area contributed by atoms with Crippen LogP contribution >= 0.6 is 0 Å². The Morgan fingerprint density at radius 2 is 1.80 bits per heavy atom. The molecule has 16 heteroatoms. The first-order chi connectivity index (χ1) is 25.8. The molecule has 5 amide bonds. The maximum atomic E-state index is 14.4. The summed E-state index contributed by atoms with van der Waals surface area (Å²) in [5.41, 5.74) is 0.282. The third-order valence-electron chi connectivity index (χ3n) is 11.5. The molecule has 2 saturated heterocycles. The second-order valence-electron chi connectivity index (χ2n) is 16.2. The van der Waals surface area contributed by atoms with Crippen molar-refractivity contribution >= 4 is 39.9 Å². The summed E-state index contributed by atoms with van der Waals surface area (Å²) in [5, 5.41) is 4.92. The number of ether oxygens (including phenoxy) is 3. The Hall–Kier alpha value is -4.18. The van der Waals surface area contributed by atoms with Crippen molar-refractivity contribution in [1.29, 1.82) is 0 Å². The lowest BCUT2D eigenvalue weighted by Crippen LogP contribution is -2.58. The lowest BCUT2D eigenvalue weighted by atomic mass is 9.78. The molecule has 1 aromatic carbocycles. The summed E-state index contributed by atoms with van der Waals surface area (Å²) in [6.07, 6.45) is 5.78. The first-order valence-corrected chi connectivity index (χ1v) is 20.7. The number of nitrogens with zero attached hydrogens (tertiary/aromatic N) is 2. The summed E-state index contributed by atoms with van der Waals surface area (Å²) in [6.45, 7) is 5.46. The number of benzene rings is 1. The topological polar surface area (TPSA) is 190 Å². The number of hydrogen-bond acceptors (Lipinski definition) is 10. The molecule has 3 N–H and O–H groups in total. The summed E-state index contributed by atoms with van der Waals surface area (Å²) in [7, 11) is -3.91. The number of rotatable bonds is 6. The van der Waals surface area contributed by atoms with Gasteiger partial charge in [0.1, 0.15) is 29.8 Å². The Morgan fingerprint density at radius 1 is 1.00 bits per heavy atom. The fraction of sp³-hybridized carbons (Fsp3) is 0.658. The number of carbonyl (C=O) groups is 5. The minimum atomic E-state index is -3.91. The summed E-state index contributed by atoms with van der Waals surface area (Å²) < 4.78 is 44.7. The molecule has 15 nitrogen and oxygen atoms in total. The Balaban J connectivity index is 1.13. The van der Waals surface area contributed by atoms with Gasteiger partial charge in [-0.15, -0.1) is 0 Å². The number of allylic oxidation sites excluding steroid dienone is 1. The van der Waals surface area contributed by atoms with Gasteiger partial charge in [0.2, 0.25) is 21.8 Å². The Bertz CT molecular complexity index is 1790. The minimum absolute atomic E-state index is 0.0632. The summed E-state index contributed by atoms with van der Waals surface area (Å²) >= 11 is 0. The van der Waals surface area contributed by atoms with Gasteiger partial charge in [-0.2, -0.15) is 0 Å². The highest BCUT2D eigenvalue weighted by Crippen LogP contribution is 2.46. The van der Waals surface area contributed by atoms with E-state index in [2.05, 4.69) is 35.3 Å². The van der Waals surface area contributed by atoms with E-state index >= 15 is 0 Å². The van der Waals surface area contributed by atoms with E-state index < -0.39 is 80.9 Å². The van der Waals surface area contributed by atoms with Gasteiger partial charge in [-0.05, 0) is 49.7 Å². The SMILES string of the molecule is CC1(C)CN(C(=O)O[C@@H]2C[C@H]3C(=O)N[C@]4(C(=O)NS(=O)(=O)C5CC5)C[C@H]4/C=C\CCCCC[C@H](NC(=O)O[C@H]4CCOC4)C(=O)N3C2)Cc2ccccc21. The Morgan fingerprint density at radius 3 is 2.56 bits per heavy atom. The fourth-order valence-corrected chi connectivity index (χ4v) is 9.63. The lowest BCUT2D eigenvalue weighted by Gasteiger charge is -2.39. The quantitative estimate of drug-likeness (QED) is 0.363. The van der Waals surface area contributed by atoms with Crippen molar-refractivity contribution in [2.45, 2.75) is 125 Å². The van der Waals surface area contributed by atoms with Crippen LogP contribution in [0, 0.1) is 5.92 Å². The van der Waals surface area contributed by atoms with Gasteiger partial charge in [0.25, 0.3) is 5.91 Å². The fourth-order valence-electron chi connectivity index (χ4n) is 8.27. The standard InChI is InChI=1S/C38H51N5O10S/c1-37(2)23-42(20-24-10-8-9-12-29(24)37)36(48)53-27-18-31-32(44)40-38(34(46)41-54(49,50)28-14-15-28)19-25(38)11-6-4-3-5-7-13-30(33(45)43(31)21-27)39-35(47)52-26-16-17-51-22-26/h6,8-12,25-28,30-31H,3-5,7,13-23H2,1-2H3,(H,39,47)(H,40,44)(H,41,46)/b11-6-/t25-,26+,27-,30+,31+,38-/m1/s1. The number of hydrogen-bond donors (Lipinski definition) is 3. The van der Waals surface area contributed by atoms with Gasteiger partial charge >= 0.3 is 12.2 Å². The lowest BCUT2D eigenvalue weighted by molar-refractivity contribution is -0.141. The third-order valence-corrected chi connectivity index (χ3v) is 13.3. The van der Waals surface area contributed by atoms with Crippen LogP contribution in [0.2, 0.25) is 0 Å². The molecule has 7 rings (SSSR count). The Labute approximate surface area is 315 Å². The third kappa shape index (κ3) is 8.24. The van der Waals surface area contributed by atoms with Crippen LogP contribution in [-0.2, 0) is 50.6 Å². The van der Waals surface area contributed by atoms with Crippen molar-refractivity contribution < 1.29 is 46.6 Å². The van der Waals surface area contributed by atoms with E-state index in [-0.39, 0.29) is 37.8 Å². The average molecular weight is 770 g/mol. The first kappa shape index (κ1) is 38.1. The number of fused-ring (bicyclic) bond motifs is 3. The molecule has 1 aromatic rings. The van der Waals surface area contributed by atoms with Crippen LogP contribution in [0.25, 0.3) is 0 Å². The van der Waals surface area contributed by atoms with Crippen molar-refractivity contribution in [2.24, 2.45) is 5.92 Å². The largest absolute Gasteiger partial charge is 0.444 e. The molecule has 0 spiro atoms. The van der Waals surface area contributed by atoms with Crippen LogP contribution < -0.4 is 15.4 Å². The van der Waals surface area contributed by atoms with Gasteiger partial charge in [0.15, 0.2) is 0 Å². The number of nitrogens with one attached hydrogen (secondary N) is 3. The van der Waals surface area contributed by atoms with Crippen LogP contribution in [0.3, 0.4) is 0 Å². The highest BCUT2D eigenvalue weighted by molar-refractivity contribution is 7.91. The van der Waals surface area contributed by atoms with E-state index in [1.807, 2.05) is 30.4 Å². The van der Waals surface area contributed by atoms with Gasteiger partial charge in [-0.3, -0.25) is 19.1 Å². The highest BCUT2D eigenvalue weighted by atomic mass is 32.2. The van der Waals surface area contributed by atoms with Crippen LogP contribution in [0.5, 0.6) is 0 Å². The molecule has 2 aliphatic carbocycles. The number of amides is 5. The Kier molecular flexibility index (Phi) is 10.7. The zero-order chi connectivity index (χ0) is 38.3. The normalized spacial score (nSPS) is 31.7. The van der Waals surface area contributed by atoms with Crippen LogP contribution in [0.15, 0.2) is 36.4 Å². The van der Waals surface area contributed by atoms with E-state index in [4.69, 9.17) is 14.2 Å². The predicted molar refractivity (Wildman–Crippen MR) is 194 cm³/mol. The van der Waals surface area contributed by atoms with Crippen LogP contribution in [0.1, 0.15) is 89.2 Å². The van der Waals surface area contributed by atoms with E-state index in [0.717, 1.165) is 24.0 Å². The number of sulfonamides is 1. The highest BCUT2D eigenvalue weighted by Gasteiger charge is 2.62. The summed E-state index contributed by atoms with van der Waals surface area (Å²) in [4.78, 5) is 72.1. The van der Waals surface area contributed by atoms with Gasteiger partial charge in [0, 0.05) is 37.3 Å².